The molecule has 9 heavy (non-hydrogen) atoms. The van der Waals surface area contributed by atoms with Crippen LogP contribution in [0.1, 0.15) is 5.82 Å². The predicted molar refractivity (Wildman–Crippen MR) is 31.3 cm³/mol. The van der Waals surface area contributed by atoms with Crippen LogP contribution < -0.4 is 0 Å². The first-order valence-electron chi connectivity index (χ1n) is 2.56. The van der Waals surface area contributed by atoms with Gasteiger partial charge in [0, 0.05) is 12.4 Å². The summed E-state index contributed by atoms with van der Waals surface area (Å²) in [7, 11) is 0. The van der Waals surface area contributed by atoms with E-state index >= 15 is 0 Å². The van der Waals surface area contributed by atoms with E-state index in [0.29, 0.717) is 12.2 Å². The lowest BCUT2D eigenvalue weighted by molar-refractivity contribution is 0.995. The zero-order chi connectivity index (χ0) is 6.53. The first-order valence-corrected chi connectivity index (χ1v) is 2.56. The van der Waals surface area contributed by atoms with Crippen LogP contribution in [0.4, 0.5) is 0 Å². The Labute approximate surface area is 53.0 Å². The molecular weight excluding hydrogens is 114 g/mol. The SMILES string of the molecule is N#CCc1ncccn1. The zero-order valence-corrected chi connectivity index (χ0v) is 4.78. The fourth-order valence-electron chi connectivity index (χ4n) is 0.492. The van der Waals surface area contributed by atoms with Gasteiger partial charge in [0.25, 0.3) is 0 Å². The number of rotatable bonds is 1. The van der Waals surface area contributed by atoms with Crippen molar-refractivity contribution in [2.75, 3.05) is 0 Å². The summed E-state index contributed by atoms with van der Waals surface area (Å²) in [4.78, 5) is 7.67. The van der Waals surface area contributed by atoms with E-state index in [2.05, 4.69) is 9.97 Å². The van der Waals surface area contributed by atoms with Crippen LogP contribution in [0.3, 0.4) is 0 Å². The molecular formula is C6H5N3. The normalized spacial score (nSPS) is 8.33. The van der Waals surface area contributed by atoms with Gasteiger partial charge in [0.2, 0.25) is 0 Å². The number of nitriles is 1. The van der Waals surface area contributed by atoms with Crippen LogP contribution in [0, 0.1) is 11.3 Å². The molecule has 3 nitrogen and oxygen atoms in total. The Bertz CT molecular complexity index is 211. The zero-order valence-electron chi connectivity index (χ0n) is 4.78. The van der Waals surface area contributed by atoms with Crippen molar-refractivity contribution in [1.82, 2.24) is 9.97 Å². The maximum Gasteiger partial charge on any atom is 0.142 e. The lowest BCUT2D eigenvalue weighted by atomic mass is 10.4. The summed E-state index contributed by atoms with van der Waals surface area (Å²) in [6.07, 6.45) is 3.54. The number of hydrogen-bond acceptors (Lipinski definition) is 3. The Morgan fingerprint density at radius 3 is 2.67 bits per heavy atom. The minimum Gasteiger partial charge on any atom is -0.240 e. The van der Waals surface area contributed by atoms with Crippen LogP contribution in [0.25, 0.3) is 0 Å². The summed E-state index contributed by atoms with van der Waals surface area (Å²) in [5.41, 5.74) is 0. The minimum absolute atomic E-state index is 0.292. The highest BCUT2D eigenvalue weighted by molar-refractivity contribution is 4.95. The fourth-order valence-corrected chi connectivity index (χ4v) is 0.492. The summed E-state index contributed by atoms with van der Waals surface area (Å²) in [6, 6.07) is 3.68. The van der Waals surface area contributed by atoms with E-state index in [1.165, 1.54) is 0 Å². The topological polar surface area (TPSA) is 49.6 Å². The van der Waals surface area contributed by atoms with Gasteiger partial charge in [-0.2, -0.15) is 5.26 Å². The van der Waals surface area contributed by atoms with Gasteiger partial charge in [0.05, 0.1) is 12.5 Å². The predicted octanol–water partition coefficient (Wildman–Crippen LogP) is 0.543. The second-order valence-electron chi connectivity index (χ2n) is 1.50. The molecule has 1 aromatic heterocycles. The van der Waals surface area contributed by atoms with Crippen molar-refractivity contribution in [3.8, 4) is 6.07 Å². The second kappa shape index (κ2) is 2.78. The fraction of sp³-hybridized carbons (Fsp3) is 0.167. The summed E-state index contributed by atoms with van der Waals surface area (Å²) in [5.74, 6) is 0.583. The molecule has 1 heterocycles. The Morgan fingerprint density at radius 2 is 2.11 bits per heavy atom. The number of hydrogen-bond donors (Lipinski definition) is 0. The van der Waals surface area contributed by atoms with Gasteiger partial charge in [0.1, 0.15) is 5.82 Å². The summed E-state index contributed by atoms with van der Waals surface area (Å²) in [6.45, 7) is 0. The van der Waals surface area contributed by atoms with E-state index < -0.39 is 0 Å². The van der Waals surface area contributed by atoms with E-state index in [0.717, 1.165) is 0 Å². The van der Waals surface area contributed by atoms with Crippen molar-refractivity contribution in [2.45, 2.75) is 6.42 Å². The van der Waals surface area contributed by atoms with Crippen molar-refractivity contribution in [1.29, 1.82) is 5.26 Å². The van der Waals surface area contributed by atoms with Crippen molar-refractivity contribution in [3.05, 3.63) is 24.3 Å². The third-order valence-electron chi connectivity index (χ3n) is 0.856. The number of nitrogens with zero attached hydrogens (tertiary/aromatic N) is 3. The third kappa shape index (κ3) is 1.50. The Balaban J connectivity index is 2.76. The monoisotopic (exact) mass is 119 g/mol. The smallest absolute Gasteiger partial charge is 0.142 e. The largest absolute Gasteiger partial charge is 0.240 e. The first-order chi connectivity index (χ1) is 4.43. The summed E-state index contributed by atoms with van der Waals surface area (Å²) < 4.78 is 0. The molecule has 0 unspecified atom stereocenters. The Morgan fingerprint density at radius 1 is 1.44 bits per heavy atom. The second-order valence-corrected chi connectivity index (χ2v) is 1.50. The molecule has 44 valence electrons. The van der Waals surface area contributed by atoms with Gasteiger partial charge in [-0.3, -0.25) is 0 Å². The van der Waals surface area contributed by atoms with Gasteiger partial charge < -0.3 is 0 Å². The van der Waals surface area contributed by atoms with Crippen LogP contribution in [-0.2, 0) is 6.42 Å². The maximum absolute atomic E-state index is 8.19. The lowest BCUT2D eigenvalue weighted by Crippen LogP contribution is -1.89. The molecule has 1 aromatic rings. The highest BCUT2D eigenvalue weighted by Crippen LogP contribution is 1.85. The van der Waals surface area contributed by atoms with Crippen molar-refractivity contribution >= 4 is 0 Å². The van der Waals surface area contributed by atoms with E-state index in [1.54, 1.807) is 18.5 Å². The van der Waals surface area contributed by atoms with Crippen LogP contribution in [0.5, 0.6) is 0 Å². The van der Waals surface area contributed by atoms with Crippen LogP contribution in [-0.4, -0.2) is 9.97 Å². The lowest BCUT2D eigenvalue weighted by Gasteiger charge is -1.86. The minimum atomic E-state index is 0.292. The average molecular weight is 119 g/mol. The quantitative estimate of drug-likeness (QED) is 0.542. The Hall–Kier alpha value is -1.43. The molecule has 0 radical (unpaired) electrons. The van der Waals surface area contributed by atoms with Gasteiger partial charge in [-0.1, -0.05) is 0 Å². The summed E-state index contributed by atoms with van der Waals surface area (Å²) >= 11 is 0. The van der Waals surface area contributed by atoms with E-state index in [9.17, 15) is 0 Å². The molecule has 0 aliphatic carbocycles. The molecule has 0 saturated heterocycles. The van der Waals surface area contributed by atoms with Crippen LogP contribution >= 0.6 is 0 Å². The van der Waals surface area contributed by atoms with Gasteiger partial charge in [-0.05, 0) is 6.07 Å². The maximum atomic E-state index is 8.19. The molecule has 3 heteroatoms. The molecule has 0 aromatic carbocycles. The molecule has 0 atom stereocenters. The molecule has 0 saturated carbocycles. The molecule has 0 N–H and O–H groups in total. The van der Waals surface area contributed by atoms with Gasteiger partial charge in [-0.15, -0.1) is 0 Å². The first kappa shape index (κ1) is 5.70. The average Bonchev–Trinajstić information content (AvgIpc) is 1.91. The van der Waals surface area contributed by atoms with Crippen molar-refractivity contribution in [2.24, 2.45) is 0 Å². The highest BCUT2D eigenvalue weighted by atomic mass is 14.8. The van der Waals surface area contributed by atoms with E-state index in [1.807, 2.05) is 6.07 Å². The highest BCUT2D eigenvalue weighted by Gasteiger charge is 1.88. The van der Waals surface area contributed by atoms with Crippen LogP contribution in [0.2, 0.25) is 0 Å². The summed E-state index contributed by atoms with van der Waals surface area (Å²) in [5, 5.41) is 8.19. The third-order valence-corrected chi connectivity index (χ3v) is 0.856. The van der Waals surface area contributed by atoms with Gasteiger partial charge >= 0.3 is 0 Å². The standard InChI is InChI=1S/C6H5N3/c7-3-2-6-8-4-1-5-9-6/h1,4-5H,2H2. The van der Waals surface area contributed by atoms with Gasteiger partial charge in [-0.25, -0.2) is 9.97 Å². The molecule has 0 spiro atoms. The molecule has 1 rings (SSSR count). The molecule has 0 bridgehead atoms. The molecule has 0 aliphatic heterocycles. The molecule has 0 fully saturated rings. The van der Waals surface area contributed by atoms with E-state index in [-0.39, 0.29) is 0 Å². The van der Waals surface area contributed by atoms with Crippen LogP contribution in [0.15, 0.2) is 18.5 Å². The van der Waals surface area contributed by atoms with E-state index in [4.69, 9.17) is 5.26 Å². The van der Waals surface area contributed by atoms with Gasteiger partial charge in [0.15, 0.2) is 0 Å². The Kier molecular flexibility index (Phi) is 1.76. The number of aromatic nitrogens is 2. The molecule has 0 aliphatic rings. The molecule has 0 amide bonds. The van der Waals surface area contributed by atoms with Crippen molar-refractivity contribution < 1.29 is 0 Å². The van der Waals surface area contributed by atoms with Crippen molar-refractivity contribution in [3.63, 3.8) is 0 Å².